The van der Waals surface area contributed by atoms with E-state index in [0.717, 1.165) is 82.1 Å². The quantitative estimate of drug-likeness (QED) is 0.168. The number of nitrogens with one attached hydrogen (secondary N) is 1. The maximum atomic E-state index is 12.2. The Balaban J connectivity index is 0.000000312. The molecule has 1 aromatic carbocycles. The molecule has 0 bridgehead atoms. The second-order valence-electron chi connectivity index (χ2n) is 10.7. The summed E-state index contributed by atoms with van der Waals surface area (Å²) in [5.74, 6) is -0.529. The number of H-pyrrole nitrogens is 1. The van der Waals surface area contributed by atoms with Crippen molar-refractivity contribution in [3.8, 4) is 0 Å². The number of aliphatic carboxylic acids is 2. The number of nitrogens with zero attached hydrogens (tertiary/aromatic N) is 1. The molecule has 0 saturated carbocycles. The lowest BCUT2D eigenvalue weighted by atomic mass is 9.96. The van der Waals surface area contributed by atoms with Crippen molar-refractivity contribution in [1.82, 2.24) is 9.88 Å². The summed E-state index contributed by atoms with van der Waals surface area (Å²) in [6.07, 6.45) is 12.9. The van der Waals surface area contributed by atoms with E-state index in [9.17, 15) is 14.4 Å². The molecule has 7 heteroatoms. The zero-order valence-corrected chi connectivity index (χ0v) is 23.4. The van der Waals surface area contributed by atoms with Gasteiger partial charge in [0.15, 0.2) is 5.78 Å². The van der Waals surface area contributed by atoms with Gasteiger partial charge in [-0.2, -0.15) is 0 Å². The third kappa shape index (κ3) is 11.2. The smallest absolute Gasteiger partial charge is 0.303 e. The second kappa shape index (κ2) is 16.8. The lowest BCUT2D eigenvalue weighted by Crippen LogP contribution is -2.31. The number of benzene rings is 1. The average molecular weight is 527 g/mol. The van der Waals surface area contributed by atoms with Gasteiger partial charge in [-0.15, -0.1) is 0 Å². The zero-order valence-electron chi connectivity index (χ0n) is 23.4. The van der Waals surface area contributed by atoms with E-state index in [-0.39, 0.29) is 18.6 Å². The van der Waals surface area contributed by atoms with Gasteiger partial charge in [0.05, 0.1) is 0 Å². The van der Waals surface area contributed by atoms with Gasteiger partial charge in [-0.3, -0.25) is 19.3 Å². The van der Waals surface area contributed by atoms with Gasteiger partial charge in [0.25, 0.3) is 0 Å². The number of carboxylic acids is 2. The van der Waals surface area contributed by atoms with Gasteiger partial charge in [0.2, 0.25) is 0 Å². The van der Waals surface area contributed by atoms with Crippen LogP contribution in [-0.2, 0) is 9.59 Å². The van der Waals surface area contributed by atoms with E-state index in [1.54, 1.807) is 0 Å². The first-order valence-corrected chi connectivity index (χ1v) is 14.2. The van der Waals surface area contributed by atoms with Gasteiger partial charge in [-0.25, -0.2) is 0 Å². The van der Waals surface area contributed by atoms with Crippen LogP contribution in [0.1, 0.15) is 107 Å². The molecule has 2 aromatic rings. The van der Waals surface area contributed by atoms with Gasteiger partial charge in [-0.05, 0) is 55.4 Å². The Labute approximate surface area is 227 Å². The summed E-state index contributed by atoms with van der Waals surface area (Å²) < 4.78 is 0. The van der Waals surface area contributed by atoms with Gasteiger partial charge in [0.1, 0.15) is 0 Å². The number of carbonyl (C=O) groups is 3. The first-order valence-electron chi connectivity index (χ1n) is 14.2. The van der Waals surface area contributed by atoms with Crippen LogP contribution in [0.2, 0.25) is 0 Å². The number of hydrogen-bond donors (Lipinski definition) is 3. The Kier molecular flexibility index (Phi) is 13.8. The number of rotatable bonds is 15. The van der Waals surface area contributed by atoms with Crippen LogP contribution in [0, 0.1) is 5.92 Å². The fourth-order valence-electron chi connectivity index (χ4n) is 4.83. The molecule has 0 fully saturated rings. The molecule has 2 heterocycles. The third-order valence-corrected chi connectivity index (χ3v) is 6.77. The standard InChI is InChI=1S/C21H28N2O.C10H18O4/c1-4-5-21(24)17-6-7-20-18(12-17)19(13-22-20)16-8-10-23(11-9-16)14-15(2)3;11-9(12)7-5-3-1-2-4-6-8-10(13)14/h6-8,12-13,15,22H,4-5,9-11,14H2,1-3H3;1-8H2,(H,11,12)(H,13,14). The Morgan fingerprint density at radius 2 is 1.58 bits per heavy atom. The molecule has 1 aromatic heterocycles. The SMILES string of the molecule is CCCC(=O)c1ccc2[nH]cc(C3=CCN(CC(C)C)CC3)c2c1.O=C(O)CCCCCCCCC(=O)O. The van der Waals surface area contributed by atoms with Crippen LogP contribution in [0.5, 0.6) is 0 Å². The van der Waals surface area contributed by atoms with Crippen molar-refractivity contribution in [2.24, 2.45) is 5.92 Å². The number of aromatic amines is 1. The minimum atomic E-state index is -0.740. The summed E-state index contributed by atoms with van der Waals surface area (Å²) in [6, 6.07) is 6.05. The third-order valence-electron chi connectivity index (χ3n) is 6.77. The van der Waals surface area contributed by atoms with Crippen molar-refractivity contribution in [2.45, 2.75) is 91.4 Å². The molecule has 1 aliphatic heterocycles. The van der Waals surface area contributed by atoms with Crippen molar-refractivity contribution in [3.63, 3.8) is 0 Å². The maximum Gasteiger partial charge on any atom is 0.303 e. The van der Waals surface area contributed by atoms with E-state index >= 15 is 0 Å². The van der Waals surface area contributed by atoms with Crippen LogP contribution in [0.3, 0.4) is 0 Å². The van der Waals surface area contributed by atoms with E-state index < -0.39 is 11.9 Å². The van der Waals surface area contributed by atoms with Crippen LogP contribution in [0.15, 0.2) is 30.5 Å². The minimum absolute atomic E-state index is 0.243. The first kappa shape index (κ1) is 31.3. The van der Waals surface area contributed by atoms with Crippen molar-refractivity contribution >= 4 is 34.2 Å². The molecule has 0 unspecified atom stereocenters. The van der Waals surface area contributed by atoms with Gasteiger partial charge in [0, 0.05) is 67.1 Å². The molecule has 3 N–H and O–H groups in total. The van der Waals surface area contributed by atoms with E-state index in [1.165, 1.54) is 16.5 Å². The van der Waals surface area contributed by atoms with Crippen LogP contribution in [0.25, 0.3) is 16.5 Å². The zero-order chi connectivity index (χ0) is 27.9. The summed E-state index contributed by atoms with van der Waals surface area (Å²) in [4.78, 5) is 38.4. The fourth-order valence-corrected chi connectivity index (χ4v) is 4.83. The Morgan fingerprint density at radius 3 is 2.11 bits per heavy atom. The van der Waals surface area contributed by atoms with Crippen LogP contribution in [0.4, 0.5) is 0 Å². The summed E-state index contributed by atoms with van der Waals surface area (Å²) >= 11 is 0. The van der Waals surface area contributed by atoms with Crippen LogP contribution < -0.4 is 0 Å². The maximum absolute atomic E-state index is 12.2. The molecule has 1 aliphatic rings. The fraction of sp³-hybridized carbons (Fsp3) is 0.581. The highest BCUT2D eigenvalue weighted by Gasteiger charge is 2.17. The highest BCUT2D eigenvalue weighted by Crippen LogP contribution is 2.30. The molecule has 0 saturated heterocycles. The minimum Gasteiger partial charge on any atom is -0.481 e. The van der Waals surface area contributed by atoms with Crippen molar-refractivity contribution in [2.75, 3.05) is 19.6 Å². The molecule has 210 valence electrons. The summed E-state index contributed by atoms with van der Waals surface area (Å²) in [6.45, 7) is 9.89. The van der Waals surface area contributed by atoms with Gasteiger partial charge < -0.3 is 15.2 Å². The van der Waals surface area contributed by atoms with Gasteiger partial charge in [-0.1, -0.05) is 52.5 Å². The molecule has 0 atom stereocenters. The molecule has 0 spiro atoms. The molecular formula is C31H46N2O5. The molecule has 38 heavy (non-hydrogen) atoms. The summed E-state index contributed by atoms with van der Waals surface area (Å²) in [5.41, 5.74) is 4.62. The van der Waals surface area contributed by atoms with Crippen molar-refractivity contribution in [1.29, 1.82) is 0 Å². The van der Waals surface area contributed by atoms with Crippen LogP contribution in [-0.4, -0.2) is 57.5 Å². The topological polar surface area (TPSA) is 111 Å². The molecule has 0 amide bonds. The average Bonchev–Trinajstić information content (AvgIpc) is 3.29. The molecule has 0 radical (unpaired) electrons. The summed E-state index contributed by atoms with van der Waals surface area (Å²) in [5, 5.41) is 17.9. The molecular weight excluding hydrogens is 480 g/mol. The summed E-state index contributed by atoms with van der Waals surface area (Å²) in [7, 11) is 0. The predicted molar refractivity (Wildman–Crippen MR) is 154 cm³/mol. The number of ketones is 1. The highest BCUT2D eigenvalue weighted by molar-refractivity contribution is 6.02. The molecule has 0 aliphatic carbocycles. The van der Waals surface area contributed by atoms with Gasteiger partial charge >= 0.3 is 11.9 Å². The highest BCUT2D eigenvalue weighted by atomic mass is 16.4. The Bertz CT molecular complexity index is 1050. The largest absolute Gasteiger partial charge is 0.481 e. The van der Waals surface area contributed by atoms with E-state index in [1.807, 2.05) is 19.1 Å². The van der Waals surface area contributed by atoms with E-state index in [2.05, 4.69) is 42.1 Å². The number of unbranched alkanes of at least 4 members (excludes halogenated alkanes) is 5. The molecule has 7 nitrogen and oxygen atoms in total. The normalized spacial score (nSPS) is 13.7. The number of carbonyl (C=O) groups excluding carboxylic acids is 1. The molecule has 3 rings (SSSR count). The van der Waals surface area contributed by atoms with Crippen molar-refractivity contribution < 1.29 is 24.6 Å². The number of Topliss-reactive ketones (excluding diaryl/α,β-unsaturated/α-hetero) is 1. The predicted octanol–water partition coefficient (Wildman–Crippen LogP) is 7.17. The lowest BCUT2D eigenvalue weighted by Gasteiger charge is -2.27. The number of carboxylic acid groups (broad SMARTS) is 2. The van der Waals surface area contributed by atoms with E-state index in [0.29, 0.717) is 12.3 Å². The van der Waals surface area contributed by atoms with Crippen molar-refractivity contribution in [3.05, 3.63) is 41.6 Å². The second-order valence-corrected chi connectivity index (χ2v) is 10.7. The number of fused-ring (bicyclic) bond motifs is 1. The number of hydrogen-bond acceptors (Lipinski definition) is 4. The Morgan fingerprint density at radius 1 is 0.947 bits per heavy atom. The monoisotopic (exact) mass is 526 g/mol. The number of aromatic nitrogens is 1. The van der Waals surface area contributed by atoms with E-state index in [4.69, 9.17) is 10.2 Å². The first-order chi connectivity index (χ1) is 18.2. The lowest BCUT2D eigenvalue weighted by molar-refractivity contribution is -0.138. The Hall–Kier alpha value is -2.93. The van der Waals surface area contributed by atoms with Crippen LogP contribution >= 0.6 is 0 Å².